The van der Waals surface area contributed by atoms with Crippen molar-refractivity contribution in [2.75, 3.05) is 20.0 Å². The third kappa shape index (κ3) is 1.59. The van der Waals surface area contributed by atoms with Gasteiger partial charge in [0.25, 0.3) is 5.91 Å². The topological polar surface area (TPSA) is 56.8 Å². The lowest BCUT2D eigenvalue weighted by atomic mass is 10.1. The fourth-order valence-corrected chi connectivity index (χ4v) is 1.63. The SMILES string of the molecule is O=C(NC1COC1)c1ccc2c(c1)OCO2. The van der Waals surface area contributed by atoms with E-state index in [0.717, 1.165) is 0 Å². The van der Waals surface area contributed by atoms with Crippen LogP contribution in [0.1, 0.15) is 10.4 Å². The number of ether oxygens (including phenoxy) is 3. The Hall–Kier alpha value is -1.75. The number of fused-ring (bicyclic) bond motifs is 1. The molecule has 1 amide bonds. The maximum Gasteiger partial charge on any atom is 0.251 e. The van der Waals surface area contributed by atoms with Crippen LogP contribution in [0.2, 0.25) is 0 Å². The third-order valence-electron chi connectivity index (χ3n) is 2.61. The molecule has 1 aromatic rings. The van der Waals surface area contributed by atoms with Crippen molar-refractivity contribution < 1.29 is 19.0 Å². The van der Waals surface area contributed by atoms with Gasteiger partial charge in [-0.1, -0.05) is 0 Å². The van der Waals surface area contributed by atoms with Gasteiger partial charge in [0.15, 0.2) is 11.5 Å². The van der Waals surface area contributed by atoms with E-state index < -0.39 is 0 Å². The molecular weight excluding hydrogens is 210 g/mol. The molecule has 16 heavy (non-hydrogen) atoms. The Morgan fingerprint density at radius 2 is 2.06 bits per heavy atom. The number of benzene rings is 1. The lowest BCUT2D eigenvalue weighted by Crippen LogP contribution is -2.48. The van der Waals surface area contributed by atoms with Crippen LogP contribution in [0.15, 0.2) is 18.2 Å². The molecule has 1 N–H and O–H groups in total. The molecule has 84 valence electrons. The van der Waals surface area contributed by atoms with Gasteiger partial charge in [-0.25, -0.2) is 0 Å². The molecule has 5 nitrogen and oxygen atoms in total. The molecule has 0 radical (unpaired) electrons. The minimum absolute atomic E-state index is 0.105. The molecule has 5 heteroatoms. The minimum Gasteiger partial charge on any atom is -0.454 e. The average molecular weight is 221 g/mol. The van der Waals surface area contributed by atoms with Crippen molar-refractivity contribution in [2.24, 2.45) is 0 Å². The second-order valence-electron chi connectivity index (χ2n) is 3.78. The zero-order valence-electron chi connectivity index (χ0n) is 8.56. The number of amides is 1. The van der Waals surface area contributed by atoms with E-state index in [0.29, 0.717) is 30.3 Å². The van der Waals surface area contributed by atoms with Gasteiger partial charge in [0, 0.05) is 5.56 Å². The van der Waals surface area contributed by atoms with Gasteiger partial charge in [0.05, 0.1) is 19.3 Å². The molecule has 0 bridgehead atoms. The highest BCUT2D eigenvalue weighted by atomic mass is 16.7. The number of nitrogens with one attached hydrogen (secondary N) is 1. The maximum atomic E-state index is 11.8. The smallest absolute Gasteiger partial charge is 0.251 e. The highest BCUT2D eigenvalue weighted by Crippen LogP contribution is 2.32. The van der Waals surface area contributed by atoms with E-state index >= 15 is 0 Å². The molecule has 0 unspecified atom stereocenters. The summed E-state index contributed by atoms with van der Waals surface area (Å²) < 4.78 is 15.4. The summed E-state index contributed by atoms with van der Waals surface area (Å²) in [6.07, 6.45) is 0. The fraction of sp³-hybridized carbons (Fsp3) is 0.364. The molecule has 1 saturated heterocycles. The Balaban J connectivity index is 1.75. The van der Waals surface area contributed by atoms with Crippen molar-refractivity contribution in [1.29, 1.82) is 0 Å². The van der Waals surface area contributed by atoms with Crippen LogP contribution in [0, 0.1) is 0 Å². The molecule has 2 heterocycles. The van der Waals surface area contributed by atoms with Crippen LogP contribution in [0.5, 0.6) is 11.5 Å². The molecule has 0 atom stereocenters. The second kappa shape index (κ2) is 3.68. The maximum absolute atomic E-state index is 11.8. The molecule has 1 fully saturated rings. The van der Waals surface area contributed by atoms with Gasteiger partial charge in [-0.3, -0.25) is 4.79 Å². The molecule has 0 spiro atoms. The number of hydrogen-bond acceptors (Lipinski definition) is 4. The molecule has 0 aliphatic carbocycles. The van der Waals surface area contributed by atoms with Gasteiger partial charge in [-0.15, -0.1) is 0 Å². The van der Waals surface area contributed by atoms with Crippen LogP contribution in [0.25, 0.3) is 0 Å². The lowest BCUT2D eigenvalue weighted by molar-refractivity contribution is -0.00346. The van der Waals surface area contributed by atoms with E-state index in [1.165, 1.54) is 0 Å². The first-order chi connectivity index (χ1) is 7.83. The zero-order valence-corrected chi connectivity index (χ0v) is 8.56. The van der Waals surface area contributed by atoms with Crippen LogP contribution in [-0.2, 0) is 4.74 Å². The number of carbonyl (C=O) groups is 1. The van der Waals surface area contributed by atoms with Gasteiger partial charge < -0.3 is 19.5 Å². The summed E-state index contributed by atoms with van der Waals surface area (Å²) >= 11 is 0. The first-order valence-corrected chi connectivity index (χ1v) is 5.11. The summed E-state index contributed by atoms with van der Waals surface area (Å²) in [6, 6.07) is 5.30. The van der Waals surface area contributed by atoms with Crippen molar-refractivity contribution >= 4 is 5.91 Å². The van der Waals surface area contributed by atoms with Crippen molar-refractivity contribution in [2.45, 2.75) is 6.04 Å². The predicted octanol–water partition coefficient (Wildman–Crippen LogP) is 0.544. The summed E-state index contributed by atoms with van der Waals surface area (Å²) in [4.78, 5) is 11.8. The van der Waals surface area contributed by atoms with Gasteiger partial charge in [-0.05, 0) is 18.2 Å². The summed E-state index contributed by atoms with van der Waals surface area (Å²) in [5.41, 5.74) is 0.580. The van der Waals surface area contributed by atoms with Crippen molar-refractivity contribution in [3.63, 3.8) is 0 Å². The number of carbonyl (C=O) groups excluding carboxylic acids is 1. The van der Waals surface area contributed by atoms with Gasteiger partial charge >= 0.3 is 0 Å². The third-order valence-corrected chi connectivity index (χ3v) is 2.61. The van der Waals surface area contributed by atoms with Gasteiger partial charge in [-0.2, -0.15) is 0 Å². The van der Waals surface area contributed by atoms with Crippen LogP contribution in [0.4, 0.5) is 0 Å². The minimum atomic E-state index is -0.105. The Bertz CT molecular complexity index is 428. The highest BCUT2D eigenvalue weighted by Gasteiger charge is 2.22. The van der Waals surface area contributed by atoms with E-state index in [1.54, 1.807) is 18.2 Å². The fourth-order valence-electron chi connectivity index (χ4n) is 1.63. The molecule has 1 aromatic carbocycles. The first kappa shape index (κ1) is 9.47. The van der Waals surface area contributed by atoms with Gasteiger partial charge in [0.2, 0.25) is 6.79 Å². The van der Waals surface area contributed by atoms with E-state index in [9.17, 15) is 4.79 Å². The zero-order chi connectivity index (χ0) is 11.0. The van der Waals surface area contributed by atoms with Crippen molar-refractivity contribution in [1.82, 2.24) is 5.32 Å². The standard InChI is InChI=1S/C11H11NO4/c13-11(12-8-4-14-5-8)7-1-2-9-10(3-7)16-6-15-9/h1-3,8H,4-6H2,(H,12,13). The predicted molar refractivity (Wildman–Crippen MR) is 54.6 cm³/mol. The molecule has 2 aliphatic rings. The largest absolute Gasteiger partial charge is 0.454 e. The van der Waals surface area contributed by atoms with Crippen molar-refractivity contribution in [3.8, 4) is 11.5 Å². The Kier molecular flexibility index (Phi) is 2.18. The van der Waals surface area contributed by atoms with E-state index in [-0.39, 0.29) is 18.7 Å². The Labute approximate surface area is 92.3 Å². The van der Waals surface area contributed by atoms with Crippen LogP contribution in [-0.4, -0.2) is 32.0 Å². The molecular formula is C11H11NO4. The van der Waals surface area contributed by atoms with Crippen molar-refractivity contribution in [3.05, 3.63) is 23.8 Å². The van der Waals surface area contributed by atoms with Crippen LogP contribution >= 0.6 is 0 Å². The monoisotopic (exact) mass is 221 g/mol. The van der Waals surface area contributed by atoms with E-state index in [2.05, 4.69) is 5.32 Å². The summed E-state index contributed by atoms with van der Waals surface area (Å²) in [6.45, 7) is 1.41. The molecule has 0 saturated carbocycles. The molecule has 0 aromatic heterocycles. The normalized spacial score (nSPS) is 18.0. The average Bonchev–Trinajstić information content (AvgIpc) is 2.69. The van der Waals surface area contributed by atoms with Crippen LogP contribution < -0.4 is 14.8 Å². The Morgan fingerprint density at radius 3 is 2.81 bits per heavy atom. The molecule has 2 aliphatic heterocycles. The van der Waals surface area contributed by atoms with E-state index in [1.807, 2.05) is 0 Å². The summed E-state index contributed by atoms with van der Waals surface area (Å²) in [5.74, 6) is 1.20. The number of rotatable bonds is 2. The number of hydrogen-bond donors (Lipinski definition) is 1. The van der Waals surface area contributed by atoms with Gasteiger partial charge in [0.1, 0.15) is 0 Å². The Morgan fingerprint density at radius 1 is 1.25 bits per heavy atom. The summed E-state index contributed by atoms with van der Waals surface area (Å²) in [7, 11) is 0. The van der Waals surface area contributed by atoms with E-state index in [4.69, 9.17) is 14.2 Å². The summed E-state index contributed by atoms with van der Waals surface area (Å²) in [5, 5.41) is 2.86. The highest BCUT2D eigenvalue weighted by molar-refractivity contribution is 5.95. The quantitative estimate of drug-likeness (QED) is 0.792. The van der Waals surface area contributed by atoms with Crippen LogP contribution in [0.3, 0.4) is 0 Å². The second-order valence-corrected chi connectivity index (χ2v) is 3.78. The lowest BCUT2D eigenvalue weighted by Gasteiger charge is -2.26. The first-order valence-electron chi connectivity index (χ1n) is 5.11. The molecule has 3 rings (SSSR count).